The summed E-state index contributed by atoms with van der Waals surface area (Å²) in [6, 6.07) is 6.00. The van der Waals surface area contributed by atoms with Gasteiger partial charge in [-0.05, 0) is 5.56 Å². The molecule has 1 aliphatic heterocycles. The predicted octanol–water partition coefficient (Wildman–Crippen LogP) is 1.22. The number of benzene rings is 1. The molecule has 2 aromatic rings. The van der Waals surface area contributed by atoms with E-state index in [1.165, 1.54) is 17.8 Å². The molecule has 2 heterocycles. The second-order valence-electron chi connectivity index (χ2n) is 5.59. The van der Waals surface area contributed by atoms with Gasteiger partial charge in [0.2, 0.25) is 5.91 Å². The van der Waals surface area contributed by atoms with Gasteiger partial charge >= 0.3 is 0 Å². The topological polar surface area (TPSA) is 99.3 Å². The molecule has 0 aliphatic carbocycles. The first-order valence-electron chi connectivity index (χ1n) is 7.75. The van der Waals surface area contributed by atoms with Crippen molar-refractivity contribution in [3.8, 4) is 0 Å². The Morgan fingerprint density at radius 1 is 1.38 bits per heavy atom. The SMILES string of the molecule is O=C(Cc1ccc([N+](=O)[O-])cc1)NCCn1ncc2c1CCOC2. The van der Waals surface area contributed by atoms with E-state index in [1.54, 1.807) is 12.1 Å². The van der Waals surface area contributed by atoms with Crippen LogP contribution in [0.3, 0.4) is 0 Å². The van der Waals surface area contributed by atoms with Crippen LogP contribution >= 0.6 is 0 Å². The molecule has 1 aromatic heterocycles. The van der Waals surface area contributed by atoms with Crippen LogP contribution in [0.15, 0.2) is 30.5 Å². The molecule has 24 heavy (non-hydrogen) atoms. The second-order valence-corrected chi connectivity index (χ2v) is 5.59. The lowest BCUT2D eigenvalue weighted by Gasteiger charge is -2.14. The monoisotopic (exact) mass is 330 g/mol. The van der Waals surface area contributed by atoms with Crippen molar-refractivity contribution in [3.05, 3.63) is 57.4 Å². The normalized spacial score (nSPS) is 13.3. The zero-order chi connectivity index (χ0) is 16.9. The van der Waals surface area contributed by atoms with Crippen molar-refractivity contribution in [1.29, 1.82) is 0 Å². The average Bonchev–Trinajstić information content (AvgIpc) is 2.99. The third kappa shape index (κ3) is 3.77. The Balaban J connectivity index is 1.47. The fraction of sp³-hybridized carbons (Fsp3) is 0.375. The van der Waals surface area contributed by atoms with E-state index in [2.05, 4.69) is 10.4 Å². The highest BCUT2D eigenvalue weighted by Crippen LogP contribution is 2.15. The number of non-ortho nitro benzene ring substituents is 1. The third-order valence-corrected chi connectivity index (χ3v) is 3.93. The number of nitrogens with zero attached hydrogens (tertiary/aromatic N) is 3. The molecule has 0 atom stereocenters. The maximum absolute atomic E-state index is 12.0. The van der Waals surface area contributed by atoms with Crippen LogP contribution in [-0.2, 0) is 35.5 Å². The Bertz CT molecular complexity index is 739. The van der Waals surface area contributed by atoms with E-state index >= 15 is 0 Å². The number of rotatable bonds is 6. The molecule has 8 nitrogen and oxygen atoms in total. The number of hydrogen-bond acceptors (Lipinski definition) is 5. The van der Waals surface area contributed by atoms with E-state index in [9.17, 15) is 14.9 Å². The molecular weight excluding hydrogens is 312 g/mol. The van der Waals surface area contributed by atoms with Gasteiger partial charge in [-0.15, -0.1) is 0 Å². The zero-order valence-electron chi connectivity index (χ0n) is 13.1. The third-order valence-electron chi connectivity index (χ3n) is 3.93. The van der Waals surface area contributed by atoms with Gasteiger partial charge in [-0.3, -0.25) is 19.6 Å². The largest absolute Gasteiger partial charge is 0.376 e. The summed E-state index contributed by atoms with van der Waals surface area (Å²) >= 11 is 0. The van der Waals surface area contributed by atoms with Gasteiger partial charge in [0.1, 0.15) is 0 Å². The highest BCUT2D eigenvalue weighted by molar-refractivity contribution is 5.78. The van der Waals surface area contributed by atoms with Crippen LogP contribution in [0.4, 0.5) is 5.69 Å². The van der Waals surface area contributed by atoms with E-state index in [0.29, 0.717) is 26.3 Å². The summed E-state index contributed by atoms with van der Waals surface area (Å²) in [5, 5.41) is 17.8. The number of carbonyl (C=O) groups is 1. The number of fused-ring (bicyclic) bond motifs is 1. The van der Waals surface area contributed by atoms with Crippen LogP contribution in [0.1, 0.15) is 16.8 Å². The Labute approximate surface area is 138 Å². The number of nitro benzene ring substituents is 1. The summed E-state index contributed by atoms with van der Waals surface area (Å²) in [6.45, 7) is 2.40. The van der Waals surface area contributed by atoms with Gasteiger partial charge in [-0.2, -0.15) is 5.10 Å². The lowest BCUT2D eigenvalue weighted by atomic mass is 10.1. The van der Waals surface area contributed by atoms with Crippen molar-refractivity contribution in [3.63, 3.8) is 0 Å². The Hall–Kier alpha value is -2.74. The molecule has 3 rings (SSSR count). The van der Waals surface area contributed by atoms with Gasteiger partial charge in [-0.25, -0.2) is 0 Å². The summed E-state index contributed by atoms with van der Waals surface area (Å²) in [7, 11) is 0. The predicted molar refractivity (Wildman–Crippen MR) is 85.4 cm³/mol. The summed E-state index contributed by atoms with van der Waals surface area (Å²) in [5.41, 5.74) is 3.04. The second kappa shape index (κ2) is 7.22. The minimum Gasteiger partial charge on any atom is -0.376 e. The Kier molecular flexibility index (Phi) is 4.85. The lowest BCUT2D eigenvalue weighted by molar-refractivity contribution is -0.384. The molecule has 0 radical (unpaired) electrons. The van der Waals surface area contributed by atoms with E-state index in [-0.39, 0.29) is 18.0 Å². The standard InChI is InChI=1S/C16H18N4O4/c21-16(9-12-1-3-14(4-2-12)20(22)23)17-6-7-19-15-5-8-24-11-13(15)10-18-19/h1-4,10H,5-9,11H2,(H,17,21). The first-order chi connectivity index (χ1) is 11.6. The Morgan fingerprint density at radius 3 is 2.92 bits per heavy atom. The first kappa shape index (κ1) is 16.1. The number of ether oxygens (including phenoxy) is 1. The van der Waals surface area contributed by atoms with Crippen LogP contribution in [-0.4, -0.2) is 33.8 Å². The molecule has 1 aliphatic rings. The van der Waals surface area contributed by atoms with Crippen molar-refractivity contribution in [2.75, 3.05) is 13.2 Å². The molecule has 0 saturated carbocycles. The molecule has 0 unspecified atom stereocenters. The fourth-order valence-corrected chi connectivity index (χ4v) is 2.69. The quantitative estimate of drug-likeness (QED) is 0.634. The molecule has 1 N–H and O–H groups in total. The van der Waals surface area contributed by atoms with Crippen LogP contribution in [0.2, 0.25) is 0 Å². The smallest absolute Gasteiger partial charge is 0.269 e. The number of amides is 1. The summed E-state index contributed by atoms with van der Waals surface area (Å²) < 4.78 is 7.28. The molecule has 1 aromatic carbocycles. The number of hydrogen-bond donors (Lipinski definition) is 1. The van der Waals surface area contributed by atoms with E-state index in [1.807, 2.05) is 10.9 Å². The molecule has 0 fully saturated rings. The van der Waals surface area contributed by atoms with Crippen LogP contribution in [0.5, 0.6) is 0 Å². The molecule has 126 valence electrons. The highest BCUT2D eigenvalue weighted by atomic mass is 16.6. The van der Waals surface area contributed by atoms with Crippen LogP contribution in [0, 0.1) is 10.1 Å². The average molecular weight is 330 g/mol. The van der Waals surface area contributed by atoms with Crippen molar-refractivity contribution in [1.82, 2.24) is 15.1 Å². The minimum absolute atomic E-state index is 0.0200. The first-order valence-corrected chi connectivity index (χ1v) is 7.75. The summed E-state index contributed by atoms with van der Waals surface area (Å²) in [4.78, 5) is 22.1. The Morgan fingerprint density at radius 2 is 2.17 bits per heavy atom. The minimum atomic E-state index is -0.459. The molecule has 0 saturated heterocycles. The molecule has 8 heteroatoms. The lowest BCUT2D eigenvalue weighted by Crippen LogP contribution is -2.29. The van der Waals surface area contributed by atoms with Gasteiger partial charge in [0.15, 0.2) is 0 Å². The van der Waals surface area contributed by atoms with Crippen LogP contribution in [0.25, 0.3) is 0 Å². The van der Waals surface area contributed by atoms with Crippen LogP contribution < -0.4 is 5.32 Å². The van der Waals surface area contributed by atoms with E-state index in [4.69, 9.17) is 4.74 Å². The molecular formula is C16H18N4O4. The van der Waals surface area contributed by atoms with Gasteiger partial charge in [0.25, 0.3) is 5.69 Å². The maximum Gasteiger partial charge on any atom is 0.269 e. The molecule has 1 amide bonds. The number of aromatic nitrogens is 2. The van der Waals surface area contributed by atoms with Gasteiger partial charge < -0.3 is 10.1 Å². The summed E-state index contributed by atoms with van der Waals surface area (Å²) in [5.74, 6) is -0.117. The van der Waals surface area contributed by atoms with Crippen molar-refractivity contribution >= 4 is 11.6 Å². The zero-order valence-corrected chi connectivity index (χ0v) is 13.1. The van der Waals surface area contributed by atoms with Crippen molar-refractivity contribution in [2.45, 2.75) is 26.0 Å². The molecule has 0 spiro atoms. The van der Waals surface area contributed by atoms with E-state index in [0.717, 1.165) is 17.5 Å². The van der Waals surface area contributed by atoms with Gasteiger partial charge in [0, 0.05) is 36.4 Å². The van der Waals surface area contributed by atoms with Gasteiger partial charge in [0.05, 0.1) is 37.3 Å². The van der Waals surface area contributed by atoms with Gasteiger partial charge in [-0.1, -0.05) is 12.1 Å². The van der Waals surface area contributed by atoms with Crippen molar-refractivity contribution in [2.24, 2.45) is 0 Å². The highest BCUT2D eigenvalue weighted by Gasteiger charge is 2.15. The van der Waals surface area contributed by atoms with Crippen molar-refractivity contribution < 1.29 is 14.5 Å². The molecule has 0 bridgehead atoms. The van der Waals surface area contributed by atoms with E-state index < -0.39 is 4.92 Å². The fourth-order valence-electron chi connectivity index (χ4n) is 2.69. The number of carbonyl (C=O) groups excluding carboxylic acids is 1. The number of nitrogens with one attached hydrogen (secondary N) is 1. The number of nitro groups is 1. The summed E-state index contributed by atoms with van der Waals surface area (Å²) in [6.07, 6.45) is 2.85. The maximum atomic E-state index is 12.0.